The topological polar surface area (TPSA) is 93.8 Å². The van der Waals surface area contributed by atoms with Crippen molar-refractivity contribution in [2.24, 2.45) is 0 Å². The number of aromatic nitrogens is 4. The third-order valence-corrected chi connectivity index (χ3v) is 3.84. The van der Waals surface area contributed by atoms with Crippen LogP contribution >= 0.6 is 0 Å². The molecule has 25 heavy (non-hydrogen) atoms. The van der Waals surface area contributed by atoms with Gasteiger partial charge in [-0.3, -0.25) is 9.78 Å². The molecule has 7 nitrogen and oxygen atoms in total. The molecule has 3 aromatic heterocycles. The van der Waals surface area contributed by atoms with Crippen LogP contribution < -0.4 is 5.32 Å². The zero-order valence-corrected chi connectivity index (χ0v) is 14.4. The summed E-state index contributed by atoms with van der Waals surface area (Å²) in [6, 6.07) is 5.70. The van der Waals surface area contributed by atoms with Crippen molar-refractivity contribution in [2.45, 2.75) is 27.2 Å². The molecule has 0 fully saturated rings. The Morgan fingerprint density at radius 2 is 2.04 bits per heavy atom. The number of aryl methyl sites for hydroxylation is 3. The van der Waals surface area contributed by atoms with Crippen molar-refractivity contribution in [3.8, 4) is 11.3 Å². The number of rotatable bonds is 5. The standard InChI is InChI=1S/C18H19N5O2/c1-11-17(12(2)25-23-11)18(24)20-9-7-16-14(10-21-13(3)22-16)15-6-4-5-8-19-15/h4-6,8,10H,7,9H2,1-3H3,(H,20,24). The summed E-state index contributed by atoms with van der Waals surface area (Å²) in [4.78, 5) is 25.4. The molecule has 0 aliphatic carbocycles. The van der Waals surface area contributed by atoms with Crippen LogP contribution in [0.25, 0.3) is 11.3 Å². The van der Waals surface area contributed by atoms with Gasteiger partial charge in [0.05, 0.1) is 17.1 Å². The van der Waals surface area contributed by atoms with Gasteiger partial charge in [0.1, 0.15) is 17.1 Å². The number of nitrogens with zero attached hydrogens (tertiary/aromatic N) is 4. The fraction of sp³-hybridized carbons (Fsp3) is 0.278. The normalized spacial score (nSPS) is 10.7. The van der Waals surface area contributed by atoms with Gasteiger partial charge in [0.2, 0.25) is 0 Å². The Morgan fingerprint density at radius 1 is 1.20 bits per heavy atom. The highest BCUT2D eigenvalue weighted by atomic mass is 16.5. The molecule has 0 saturated carbocycles. The van der Waals surface area contributed by atoms with E-state index in [9.17, 15) is 4.79 Å². The van der Waals surface area contributed by atoms with E-state index in [0.29, 0.717) is 35.8 Å². The van der Waals surface area contributed by atoms with Gasteiger partial charge in [-0.25, -0.2) is 9.97 Å². The highest BCUT2D eigenvalue weighted by molar-refractivity contribution is 5.96. The second-order valence-corrected chi connectivity index (χ2v) is 5.70. The second kappa shape index (κ2) is 7.21. The average molecular weight is 337 g/mol. The van der Waals surface area contributed by atoms with Gasteiger partial charge < -0.3 is 9.84 Å². The van der Waals surface area contributed by atoms with Crippen molar-refractivity contribution in [3.05, 3.63) is 59.1 Å². The van der Waals surface area contributed by atoms with E-state index in [0.717, 1.165) is 17.0 Å². The van der Waals surface area contributed by atoms with Crippen LogP contribution in [0.5, 0.6) is 0 Å². The van der Waals surface area contributed by atoms with Crippen LogP contribution in [0.15, 0.2) is 35.1 Å². The first-order valence-corrected chi connectivity index (χ1v) is 8.01. The Bertz CT molecular complexity index is 870. The summed E-state index contributed by atoms with van der Waals surface area (Å²) < 4.78 is 5.03. The van der Waals surface area contributed by atoms with Crippen LogP contribution in [0.3, 0.4) is 0 Å². The van der Waals surface area contributed by atoms with E-state index >= 15 is 0 Å². The lowest BCUT2D eigenvalue weighted by Gasteiger charge is -2.09. The maximum atomic E-state index is 12.3. The molecule has 0 saturated heterocycles. The zero-order valence-electron chi connectivity index (χ0n) is 14.4. The Hall–Kier alpha value is -3.09. The fourth-order valence-corrected chi connectivity index (χ4v) is 2.63. The molecule has 0 aliphatic rings. The maximum Gasteiger partial charge on any atom is 0.256 e. The van der Waals surface area contributed by atoms with Gasteiger partial charge in [-0.2, -0.15) is 0 Å². The van der Waals surface area contributed by atoms with Crippen LogP contribution in [0.4, 0.5) is 0 Å². The van der Waals surface area contributed by atoms with Gasteiger partial charge in [0, 0.05) is 30.9 Å². The maximum absolute atomic E-state index is 12.3. The SMILES string of the molecule is Cc1ncc(-c2ccccn2)c(CCNC(=O)c2c(C)noc2C)n1. The number of pyridine rings is 1. The van der Waals surface area contributed by atoms with Gasteiger partial charge >= 0.3 is 0 Å². The molecule has 3 rings (SSSR count). The minimum atomic E-state index is -0.193. The number of amides is 1. The molecule has 0 aromatic carbocycles. The van der Waals surface area contributed by atoms with Gasteiger partial charge in [0.15, 0.2) is 0 Å². The Balaban J connectivity index is 1.73. The first-order valence-electron chi connectivity index (χ1n) is 8.01. The van der Waals surface area contributed by atoms with E-state index in [1.165, 1.54) is 0 Å². The van der Waals surface area contributed by atoms with Gasteiger partial charge in [-0.15, -0.1) is 0 Å². The first-order chi connectivity index (χ1) is 12.1. The molecule has 0 spiro atoms. The van der Waals surface area contributed by atoms with Crippen LogP contribution in [0, 0.1) is 20.8 Å². The molecule has 1 amide bonds. The van der Waals surface area contributed by atoms with E-state index in [2.05, 4.69) is 25.4 Å². The molecule has 0 aliphatic heterocycles. The number of carbonyl (C=O) groups excluding carboxylic acids is 1. The number of nitrogens with one attached hydrogen (secondary N) is 1. The predicted octanol–water partition coefficient (Wildman–Crippen LogP) is 2.42. The lowest BCUT2D eigenvalue weighted by atomic mass is 10.1. The lowest BCUT2D eigenvalue weighted by Crippen LogP contribution is -2.27. The van der Waals surface area contributed by atoms with Crippen molar-refractivity contribution in [3.63, 3.8) is 0 Å². The molecule has 7 heteroatoms. The van der Waals surface area contributed by atoms with E-state index in [1.54, 1.807) is 26.2 Å². The largest absolute Gasteiger partial charge is 0.361 e. The average Bonchev–Trinajstić information content (AvgIpc) is 2.94. The summed E-state index contributed by atoms with van der Waals surface area (Å²) in [6.45, 7) is 5.76. The predicted molar refractivity (Wildman–Crippen MR) is 92.0 cm³/mol. The van der Waals surface area contributed by atoms with E-state index < -0.39 is 0 Å². The summed E-state index contributed by atoms with van der Waals surface area (Å²) >= 11 is 0. The van der Waals surface area contributed by atoms with Crippen LogP contribution in [0.2, 0.25) is 0 Å². The monoisotopic (exact) mass is 337 g/mol. The summed E-state index contributed by atoms with van der Waals surface area (Å²) in [5.41, 5.74) is 3.61. The molecule has 1 N–H and O–H groups in total. The third-order valence-electron chi connectivity index (χ3n) is 3.84. The Morgan fingerprint density at radius 3 is 2.72 bits per heavy atom. The van der Waals surface area contributed by atoms with Crippen molar-refractivity contribution >= 4 is 5.91 Å². The quantitative estimate of drug-likeness (QED) is 0.768. The Labute approximate surface area is 145 Å². The number of hydrogen-bond donors (Lipinski definition) is 1. The minimum absolute atomic E-state index is 0.193. The summed E-state index contributed by atoms with van der Waals surface area (Å²) in [5.74, 6) is 1.01. The van der Waals surface area contributed by atoms with Crippen molar-refractivity contribution in [1.82, 2.24) is 25.4 Å². The van der Waals surface area contributed by atoms with E-state index in [4.69, 9.17) is 4.52 Å². The molecule has 0 radical (unpaired) electrons. The molecule has 0 atom stereocenters. The van der Waals surface area contributed by atoms with Gasteiger partial charge in [-0.05, 0) is 32.9 Å². The highest BCUT2D eigenvalue weighted by Crippen LogP contribution is 2.19. The molecule has 0 bridgehead atoms. The van der Waals surface area contributed by atoms with E-state index in [-0.39, 0.29) is 5.91 Å². The third kappa shape index (κ3) is 3.71. The minimum Gasteiger partial charge on any atom is -0.361 e. The highest BCUT2D eigenvalue weighted by Gasteiger charge is 2.17. The molecular weight excluding hydrogens is 318 g/mol. The van der Waals surface area contributed by atoms with Gasteiger partial charge in [-0.1, -0.05) is 11.2 Å². The summed E-state index contributed by atoms with van der Waals surface area (Å²) in [6.07, 6.45) is 4.08. The molecular formula is C18H19N5O2. The molecule has 128 valence electrons. The summed E-state index contributed by atoms with van der Waals surface area (Å²) in [5, 5.41) is 6.70. The number of hydrogen-bond acceptors (Lipinski definition) is 6. The smallest absolute Gasteiger partial charge is 0.256 e. The zero-order chi connectivity index (χ0) is 17.8. The van der Waals surface area contributed by atoms with Crippen molar-refractivity contribution in [2.75, 3.05) is 6.54 Å². The van der Waals surface area contributed by atoms with Crippen LogP contribution in [0.1, 0.15) is 33.3 Å². The molecule has 3 heterocycles. The van der Waals surface area contributed by atoms with Crippen LogP contribution in [-0.4, -0.2) is 32.6 Å². The number of carbonyl (C=O) groups is 1. The fourth-order valence-electron chi connectivity index (χ4n) is 2.63. The van der Waals surface area contributed by atoms with E-state index in [1.807, 2.05) is 25.1 Å². The molecule has 3 aromatic rings. The van der Waals surface area contributed by atoms with Crippen LogP contribution in [-0.2, 0) is 6.42 Å². The van der Waals surface area contributed by atoms with Crippen molar-refractivity contribution < 1.29 is 9.32 Å². The second-order valence-electron chi connectivity index (χ2n) is 5.70. The van der Waals surface area contributed by atoms with Crippen molar-refractivity contribution in [1.29, 1.82) is 0 Å². The summed E-state index contributed by atoms with van der Waals surface area (Å²) in [7, 11) is 0. The Kier molecular flexibility index (Phi) is 4.83. The molecule has 0 unspecified atom stereocenters. The van der Waals surface area contributed by atoms with Gasteiger partial charge in [0.25, 0.3) is 5.91 Å². The first kappa shape index (κ1) is 16.8. The lowest BCUT2D eigenvalue weighted by molar-refractivity contribution is 0.0952.